The lowest BCUT2D eigenvalue weighted by molar-refractivity contribution is -0.394. The fourth-order valence-electron chi connectivity index (χ4n) is 1.44. The van der Waals surface area contributed by atoms with E-state index in [2.05, 4.69) is 0 Å². The molecule has 0 unspecified atom stereocenters. The van der Waals surface area contributed by atoms with Crippen molar-refractivity contribution >= 4 is 11.4 Å². The molecule has 94 valence electrons. The van der Waals surface area contributed by atoms with Crippen molar-refractivity contribution in [3.05, 3.63) is 44.0 Å². The summed E-state index contributed by atoms with van der Waals surface area (Å²) in [6, 6.07) is 5.39. The average Bonchev–Trinajstić information content (AvgIpc) is 2.29. The molecule has 18 heavy (non-hydrogen) atoms. The predicted octanol–water partition coefficient (Wildman–Crippen LogP) is 1.46. The van der Waals surface area contributed by atoms with E-state index in [4.69, 9.17) is 5.26 Å². The SMILES string of the molecule is CN(CC#N)Cc1ccc([N+](=O)[O-])cc1[N+](=O)[O-]. The first-order valence-corrected chi connectivity index (χ1v) is 4.93. The molecule has 0 heterocycles. The second-order valence-electron chi connectivity index (χ2n) is 3.66. The van der Waals surface area contributed by atoms with Crippen LogP contribution in [0.1, 0.15) is 5.56 Å². The maximum absolute atomic E-state index is 10.8. The standard InChI is InChI=1S/C10H10N4O4/c1-12(5-4-11)7-8-2-3-9(13(15)16)6-10(8)14(17)18/h2-3,6H,5,7H2,1H3. The summed E-state index contributed by atoms with van der Waals surface area (Å²) in [6.45, 7) is 0.302. The Labute approximate surface area is 102 Å². The third-order valence-electron chi connectivity index (χ3n) is 2.26. The minimum atomic E-state index is -0.685. The lowest BCUT2D eigenvalue weighted by Gasteiger charge is -2.12. The van der Waals surface area contributed by atoms with Gasteiger partial charge in [0.25, 0.3) is 11.4 Å². The molecule has 0 bridgehead atoms. The molecule has 0 amide bonds. The molecule has 0 aliphatic carbocycles. The molecule has 0 radical (unpaired) electrons. The first kappa shape index (κ1) is 13.5. The normalized spacial score (nSPS) is 10.1. The second kappa shape index (κ2) is 5.70. The number of nitriles is 1. The van der Waals surface area contributed by atoms with Gasteiger partial charge in [-0.3, -0.25) is 25.1 Å². The van der Waals surface area contributed by atoms with E-state index in [9.17, 15) is 20.2 Å². The third-order valence-corrected chi connectivity index (χ3v) is 2.26. The molecule has 0 aromatic heterocycles. The molecule has 0 N–H and O–H groups in total. The molecule has 8 nitrogen and oxygen atoms in total. The van der Waals surface area contributed by atoms with E-state index >= 15 is 0 Å². The number of hydrogen-bond donors (Lipinski definition) is 0. The van der Waals surface area contributed by atoms with E-state index in [-0.39, 0.29) is 24.5 Å². The van der Waals surface area contributed by atoms with Gasteiger partial charge in [-0.05, 0) is 13.1 Å². The summed E-state index contributed by atoms with van der Waals surface area (Å²) in [5.41, 5.74) is -0.300. The van der Waals surface area contributed by atoms with Gasteiger partial charge in [-0.25, -0.2) is 0 Å². The van der Waals surface area contributed by atoms with Crippen LogP contribution in [0.4, 0.5) is 11.4 Å². The van der Waals surface area contributed by atoms with Crippen molar-refractivity contribution in [2.24, 2.45) is 0 Å². The fraction of sp³-hybridized carbons (Fsp3) is 0.300. The van der Waals surface area contributed by atoms with Crippen molar-refractivity contribution in [2.45, 2.75) is 6.54 Å². The summed E-state index contributed by atoms with van der Waals surface area (Å²) in [6.07, 6.45) is 0. The number of non-ortho nitro benzene ring substituents is 1. The summed E-state index contributed by atoms with van der Waals surface area (Å²) in [7, 11) is 1.63. The van der Waals surface area contributed by atoms with Crippen molar-refractivity contribution in [2.75, 3.05) is 13.6 Å². The van der Waals surface area contributed by atoms with Crippen LogP contribution in [0.25, 0.3) is 0 Å². The molecular formula is C10H10N4O4. The molecule has 0 atom stereocenters. The van der Waals surface area contributed by atoms with Crippen molar-refractivity contribution in [1.29, 1.82) is 5.26 Å². The van der Waals surface area contributed by atoms with Gasteiger partial charge in [0.15, 0.2) is 0 Å². The number of nitro groups is 2. The van der Waals surface area contributed by atoms with Crippen LogP contribution < -0.4 is 0 Å². The maximum Gasteiger partial charge on any atom is 0.280 e. The Balaban J connectivity index is 3.08. The quantitative estimate of drug-likeness (QED) is 0.444. The van der Waals surface area contributed by atoms with Gasteiger partial charge in [0.05, 0.1) is 28.5 Å². The van der Waals surface area contributed by atoms with Gasteiger partial charge >= 0.3 is 0 Å². The van der Waals surface area contributed by atoms with Crippen molar-refractivity contribution in [3.63, 3.8) is 0 Å². The Kier molecular flexibility index (Phi) is 4.28. The Bertz CT molecular complexity index is 523. The van der Waals surface area contributed by atoms with Gasteiger partial charge in [-0.1, -0.05) is 0 Å². The second-order valence-corrected chi connectivity index (χ2v) is 3.66. The topological polar surface area (TPSA) is 113 Å². The number of rotatable bonds is 5. The van der Waals surface area contributed by atoms with Gasteiger partial charge < -0.3 is 0 Å². The van der Waals surface area contributed by atoms with E-state index in [0.29, 0.717) is 5.56 Å². The molecule has 0 saturated heterocycles. The maximum atomic E-state index is 10.8. The highest BCUT2D eigenvalue weighted by Gasteiger charge is 2.19. The number of hydrogen-bond acceptors (Lipinski definition) is 6. The molecule has 8 heteroatoms. The van der Waals surface area contributed by atoms with Crippen LogP contribution in [0.15, 0.2) is 18.2 Å². The van der Waals surface area contributed by atoms with Crippen molar-refractivity contribution in [1.82, 2.24) is 4.90 Å². The smallest absolute Gasteiger partial charge is 0.280 e. The zero-order valence-corrected chi connectivity index (χ0v) is 9.57. The van der Waals surface area contributed by atoms with Gasteiger partial charge in [0.2, 0.25) is 0 Å². The van der Waals surface area contributed by atoms with Gasteiger partial charge in [-0.2, -0.15) is 5.26 Å². The molecule has 0 saturated carbocycles. The lowest BCUT2D eigenvalue weighted by atomic mass is 10.1. The van der Waals surface area contributed by atoms with E-state index < -0.39 is 9.85 Å². The molecule has 0 aliphatic rings. The highest BCUT2D eigenvalue weighted by atomic mass is 16.6. The van der Waals surface area contributed by atoms with Crippen LogP contribution in [0.5, 0.6) is 0 Å². The molecule has 0 spiro atoms. The molecule has 1 aromatic rings. The summed E-state index contributed by atoms with van der Waals surface area (Å²) < 4.78 is 0. The van der Waals surface area contributed by atoms with E-state index in [1.54, 1.807) is 11.9 Å². The van der Waals surface area contributed by atoms with Crippen LogP contribution in [-0.2, 0) is 6.54 Å². The van der Waals surface area contributed by atoms with Crippen LogP contribution >= 0.6 is 0 Å². The summed E-state index contributed by atoms with van der Waals surface area (Å²) in [5.74, 6) is 0. The molecule has 1 aromatic carbocycles. The molecule has 1 rings (SSSR count). The van der Waals surface area contributed by atoms with Crippen LogP contribution in [0.2, 0.25) is 0 Å². The minimum Gasteiger partial charge on any atom is -0.289 e. The third kappa shape index (κ3) is 3.23. The first-order chi connectivity index (χ1) is 8.45. The lowest BCUT2D eigenvalue weighted by Crippen LogP contribution is -2.18. The number of nitro benzene ring substituents is 2. The van der Waals surface area contributed by atoms with Crippen LogP contribution in [0, 0.1) is 31.6 Å². The monoisotopic (exact) mass is 250 g/mol. The van der Waals surface area contributed by atoms with E-state index in [1.165, 1.54) is 12.1 Å². The number of nitrogens with zero attached hydrogens (tertiary/aromatic N) is 4. The van der Waals surface area contributed by atoms with Crippen molar-refractivity contribution in [3.8, 4) is 6.07 Å². The zero-order valence-electron chi connectivity index (χ0n) is 9.57. The first-order valence-electron chi connectivity index (χ1n) is 4.93. The van der Waals surface area contributed by atoms with Crippen LogP contribution in [0.3, 0.4) is 0 Å². The summed E-state index contributed by atoms with van der Waals surface area (Å²) >= 11 is 0. The predicted molar refractivity (Wildman–Crippen MR) is 61.7 cm³/mol. The minimum absolute atomic E-state index is 0.119. The Hall–Kier alpha value is -2.53. The van der Waals surface area contributed by atoms with Gasteiger partial charge in [0.1, 0.15) is 0 Å². The van der Waals surface area contributed by atoms with Crippen LogP contribution in [-0.4, -0.2) is 28.3 Å². The zero-order chi connectivity index (χ0) is 13.7. The largest absolute Gasteiger partial charge is 0.289 e. The Morgan fingerprint density at radius 2 is 2.00 bits per heavy atom. The summed E-state index contributed by atoms with van der Waals surface area (Å²) in [5, 5.41) is 29.9. The highest BCUT2D eigenvalue weighted by molar-refractivity contribution is 5.49. The Morgan fingerprint density at radius 3 is 2.50 bits per heavy atom. The molecule has 0 aliphatic heterocycles. The average molecular weight is 250 g/mol. The number of benzene rings is 1. The summed E-state index contributed by atoms with van der Waals surface area (Å²) in [4.78, 5) is 21.6. The van der Waals surface area contributed by atoms with Gasteiger partial charge in [0, 0.05) is 18.2 Å². The molecule has 0 fully saturated rings. The fourth-order valence-corrected chi connectivity index (χ4v) is 1.44. The highest BCUT2D eigenvalue weighted by Crippen LogP contribution is 2.25. The Morgan fingerprint density at radius 1 is 1.33 bits per heavy atom. The van der Waals surface area contributed by atoms with E-state index in [1.807, 2.05) is 6.07 Å². The van der Waals surface area contributed by atoms with Gasteiger partial charge in [-0.15, -0.1) is 0 Å². The van der Waals surface area contributed by atoms with E-state index in [0.717, 1.165) is 6.07 Å². The molecular weight excluding hydrogens is 240 g/mol. The van der Waals surface area contributed by atoms with Crippen molar-refractivity contribution < 1.29 is 9.85 Å².